The van der Waals surface area contributed by atoms with Crippen molar-refractivity contribution in [1.29, 1.82) is 0 Å². The van der Waals surface area contributed by atoms with E-state index in [0.717, 1.165) is 12.1 Å². The molecule has 0 spiro atoms. The molecular weight excluding hydrogens is 289 g/mol. The Morgan fingerprint density at radius 1 is 1.33 bits per heavy atom. The maximum Gasteiger partial charge on any atom is 0.573 e. The molecule has 0 saturated heterocycles. The minimum absolute atomic E-state index is 0.125. The van der Waals surface area contributed by atoms with Gasteiger partial charge in [0.25, 0.3) is 0 Å². The van der Waals surface area contributed by atoms with Gasteiger partial charge in [-0.25, -0.2) is 4.79 Å². The summed E-state index contributed by atoms with van der Waals surface area (Å²) in [7, 11) is 1.65. The monoisotopic (exact) mass is 300 g/mol. The third-order valence-corrected chi connectivity index (χ3v) is 2.42. The van der Waals surface area contributed by atoms with Crippen LogP contribution < -0.4 is 4.74 Å². The minimum atomic E-state index is -4.76. The van der Waals surface area contributed by atoms with Crippen molar-refractivity contribution in [3.05, 3.63) is 47.8 Å². The number of alkyl halides is 3. The zero-order valence-corrected chi connectivity index (χ0v) is 10.9. The van der Waals surface area contributed by atoms with E-state index in [1.807, 2.05) is 0 Å². The highest BCUT2D eigenvalue weighted by Crippen LogP contribution is 2.23. The molecule has 0 amide bonds. The van der Waals surface area contributed by atoms with Crippen LogP contribution in [0, 0.1) is 0 Å². The summed E-state index contributed by atoms with van der Waals surface area (Å²) in [4.78, 5) is 11.6. The first-order valence-electron chi connectivity index (χ1n) is 5.85. The molecular formula is C13H11F3N2O3. The molecule has 0 N–H and O–H groups in total. The molecule has 0 atom stereocenters. The van der Waals surface area contributed by atoms with E-state index in [2.05, 4.69) is 9.84 Å². The molecule has 2 rings (SSSR count). The SMILES string of the molecule is Cn1ccc(C(=O)OCc2cccc(OC(F)(F)F)c2)n1. The first kappa shape index (κ1) is 14.9. The number of hydrogen-bond acceptors (Lipinski definition) is 4. The van der Waals surface area contributed by atoms with Gasteiger partial charge in [0.2, 0.25) is 0 Å². The van der Waals surface area contributed by atoms with Crippen LogP contribution in [0.2, 0.25) is 0 Å². The Kier molecular flexibility index (Phi) is 4.15. The molecule has 1 heterocycles. The van der Waals surface area contributed by atoms with Crippen molar-refractivity contribution in [2.45, 2.75) is 13.0 Å². The molecule has 0 aliphatic carbocycles. The number of ether oxygens (including phenoxy) is 2. The second-order valence-corrected chi connectivity index (χ2v) is 4.15. The third-order valence-electron chi connectivity index (χ3n) is 2.42. The summed E-state index contributed by atoms with van der Waals surface area (Å²) in [5.41, 5.74) is 0.501. The normalized spacial score (nSPS) is 11.2. The number of aryl methyl sites for hydroxylation is 1. The van der Waals surface area contributed by atoms with Crippen LogP contribution in [-0.2, 0) is 18.4 Å². The van der Waals surface area contributed by atoms with Crippen molar-refractivity contribution in [1.82, 2.24) is 9.78 Å². The average molecular weight is 300 g/mol. The molecule has 0 fully saturated rings. The summed E-state index contributed by atoms with van der Waals surface area (Å²) in [6, 6.07) is 6.70. The molecule has 21 heavy (non-hydrogen) atoms. The smallest absolute Gasteiger partial charge is 0.456 e. The molecule has 112 valence electrons. The van der Waals surface area contributed by atoms with Crippen molar-refractivity contribution in [2.24, 2.45) is 7.05 Å². The van der Waals surface area contributed by atoms with Gasteiger partial charge >= 0.3 is 12.3 Å². The summed E-state index contributed by atoms with van der Waals surface area (Å²) in [5.74, 6) is -1.02. The van der Waals surface area contributed by atoms with Crippen LogP contribution in [0.15, 0.2) is 36.5 Å². The molecule has 0 unspecified atom stereocenters. The maximum absolute atomic E-state index is 12.1. The van der Waals surface area contributed by atoms with Gasteiger partial charge < -0.3 is 9.47 Å². The Balaban J connectivity index is 1.97. The summed E-state index contributed by atoms with van der Waals surface area (Å²) in [5, 5.41) is 3.86. The summed E-state index contributed by atoms with van der Waals surface area (Å²) < 4.78 is 46.5. The fraction of sp³-hybridized carbons (Fsp3) is 0.231. The number of carbonyl (C=O) groups is 1. The van der Waals surface area contributed by atoms with Crippen LogP contribution in [0.1, 0.15) is 16.1 Å². The van der Waals surface area contributed by atoms with Gasteiger partial charge in [-0.1, -0.05) is 12.1 Å². The lowest BCUT2D eigenvalue weighted by Crippen LogP contribution is -2.17. The molecule has 0 bridgehead atoms. The minimum Gasteiger partial charge on any atom is -0.456 e. The van der Waals surface area contributed by atoms with E-state index in [0.29, 0.717) is 5.56 Å². The highest BCUT2D eigenvalue weighted by atomic mass is 19.4. The molecule has 1 aromatic heterocycles. The van der Waals surface area contributed by atoms with Crippen LogP contribution in [-0.4, -0.2) is 22.1 Å². The van der Waals surface area contributed by atoms with Crippen LogP contribution in [0.5, 0.6) is 5.75 Å². The number of nitrogens with zero attached hydrogens (tertiary/aromatic N) is 2. The van der Waals surface area contributed by atoms with Crippen molar-refractivity contribution in [3.63, 3.8) is 0 Å². The summed E-state index contributed by atoms with van der Waals surface area (Å²) in [6.07, 6.45) is -3.18. The van der Waals surface area contributed by atoms with Crippen molar-refractivity contribution in [3.8, 4) is 5.75 Å². The van der Waals surface area contributed by atoms with E-state index >= 15 is 0 Å². The largest absolute Gasteiger partial charge is 0.573 e. The average Bonchev–Trinajstić information content (AvgIpc) is 2.81. The number of halogens is 3. The fourth-order valence-corrected chi connectivity index (χ4v) is 1.58. The lowest BCUT2D eigenvalue weighted by molar-refractivity contribution is -0.274. The Bertz CT molecular complexity index is 638. The number of hydrogen-bond donors (Lipinski definition) is 0. The molecule has 2 aromatic rings. The Morgan fingerprint density at radius 2 is 2.10 bits per heavy atom. The molecule has 0 radical (unpaired) electrons. The zero-order chi connectivity index (χ0) is 15.5. The van der Waals surface area contributed by atoms with Crippen LogP contribution in [0.4, 0.5) is 13.2 Å². The molecule has 1 aromatic carbocycles. The van der Waals surface area contributed by atoms with Crippen molar-refractivity contribution >= 4 is 5.97 Å². The number of benzene rings is 1. The van der Waals surface area contributed by atoms with Crippen molar-refractivity contribution < 1.29 is 27.4 Å². The first-order valence-corrected chi connectivity index (χ1v) is 5.85. The highest BCUT2D eigenvalue weighted by Gasteiger charge is 2.31. The number of carbonyl (C=O) groups excluding carboxylic acids is 1. The lowest BCUT2D eigenvalue weighted by Gasteiger charge is -2.10. The van der Waals surface area contributed by atoms with Crippen LogP contribution in [0.25, 0.3) is 0 Å². The quantitative estimate of drug-likeness (QED) is 0.815. The second-order valence-electron chi connectivity index (χ2n) is 4.15. The Hall–Kier alpha value is -2.51. The predicted octanol–water partition coefficient (Wildman–Crippen LogP) is 2.68. The van der Waals surface area contributed by atoms with Gasteiger partial charge in [-0.2, -0.15) is 5.10 Å². The van der Waals surface area contributed by atoms with Gasteiger partial charge in [0, 0.05) is 13.2 Å². The van der Waals surface area contributed by atoms with E-state index in [4.69, 9.17) is 4.74 Å². The summed E-state index contributed by atoms with van der Waals surface area (Å²) in [6.45, 7) is -0.176. The molecule has 5 nitrogen and oxygen atoms in total. The van der Waals surface area contributed by atoms with Gasteiger partial charge in [-0.3, -0.25) is 4.68 Å². The van der Waals surface area contributed by atoms with E-state index in [-0.39, 0.29) is 18.1 Å². The second kappa shape index (κ2) is 5.86. The highest BCUT2D eigenvalue weighted by molar-refractivity contribution is 5.87. The predicted molar refractivity (Wildman–Crippen MR) is 65.5 cm³/mol. The van der Waals surface area contributed by atoms with E-state index in [9.17, 15) is 18.0 Å². The number of esters is 1. The van der Waals surface area contributed by atoms with Gasteiger partial charge in [0.1, 0.15) is 12.4 Å². The Morgan fingerprint density at radius 3 is 2.71 bits per heavy atom. The van der Waals surface area contributed by atoms with E-state index in [1.165, 1.54) is 22.9 Å². The van der Waals surface area contributed by atoms with Crippen LogP contribution in [0.3, 0.4) is 0 Å². The first-order chi connectivity index (χ1) is 9.83. The number of aromatic nitrogens is 2. The maximum atomic E-state index is 12.1. The van der Waals surface area contributed by atoms with Crippen molar-refractivity contribution in [2.75, 3.05) is 0 Å². The van der Waals surface area contributed by atoms with E-state index in [1.54, 1.807) is 13.2 Å². The number of rotatable bonds is 4. The third kappa shape index (κ3) is 4.51. The van der Waals surface area contributed by atoms with Gasteiger partial charge in [0.15, 0.2) is 5.69 Å². The summed E-state index contributed by atoms with van der Waals surface area (Å²) >= 11 is 0. The zero-order valence-electron chi connectivity index (χ0n) is 10.9. The van der Waals surface area contributed by atoms with E-state index < -0.39 is 12.3 Å². The molecule has 0 aliphatic rings. The fourth-order valence-electron chi connectivity index (χ4n) is 1.58. The molecule has 8 heteroatoms. The lowest BCUT2D eigenvalue weighted by atomic mass is 10.2. The van der Waals surface area contributed by atoms with Crippen LogP contribution >= 0.6 is 0 Å². The Labute approximate surface area is 117 Å². The van der Waals surface area contributed by atoms with Gasteiger partial charge in [-0.15, -0.1) is 13.2 Å². The molecule has 0 saturated carbocycles. The molecule has 0 aliphatic heterocycles. The van der Waals surface area contributed by atoms with Gasteiger partial charge in [0.05, 0.1) is 0 Å². The topological polar surface area (TPSA) is 53.4 Å². The standard InChI is InChI=1S/C13H11F3N2O3/c1-18-6-5-11(17-18)12(19)20-8-9-3-2-4-10(7-9)21-13(14,15)16/h2-7H,8H2,1H3. The van der Waals surface area contributed by atoms with Gasteiger partial charge in [-0.05, 0) is 23.8 Å².